The van der Waals surface area contributed by atoms with Crippen molar-refractivity contribution in [3.8, 4) is 0 Å². The molecule has 0 aromatic carbocycles. The molecule has 7 nitrogen and oxygen atoms in total. The molecule has 3 rings (SSSR count). The highest BCUT2D eigenvalue weighted by Gasteiger charge is 2.45. The van der Waals surface area contributed by atoms with Crippen LogP contribution in [0.4, 0.5) is 0 Å². The van der Waals surface area contributed by atoms with Crippen molar-refractivity contribution in [2.45, 2.75) is 83.0 Å². The summed E-state index contributed by atoms with van der Waals surface area (Å²) in [7, 11) is 0. The van der Waals surface area contributed by atoms with Gasteiger partial charge in [-0.05, 0) is 44.7 Å². The van der Waals surface area contributed by atoms with Gasteiger partial charge in [-0.15, -0.1) is 0 Å². The molecular formula is C20H29N3O4. The highest BCUT2D eigenvalue weighted by atomic mass is 16.3. The summed E-state index contributed by atoms with van der Waals surface area (Å²) in [5.74, 6) is 0.116. The summed E-state index contributed by atoms with van der Waals surface area (Å²) < 4.78 is 5.44. The molecule has 2 aliphatic rings. The summed E-state index contributed by atoms with van der Waals surface area (Å²) in [6.07, 6.45) is 7.02. The lowest BCUT2D eigenvalue weighted by atomic mass is 9.92. The van der Waals surface area contributed by atoms with Gasteiger partial charge in [-0.25, -0.2) is 0 Å². The molecule has 1 saturated heterocycles. The van der Waals surface area contributed by atoms with E-state index in [4.69, 9.17) is 4.42 Å². The first-order valence-corrected chi connectivity index (χ1v) is 9.88. The van der Waals surface area contributed by atoms with E-state index in [-0.39, 0.29) is 30.3 Å². The van der Waals surface area contributed by atoms with Gasteiger partial charge < -0.3 is 20.0 Å². The second kappa shape index (κ2) is 8.15. The molecule has 148 valence electrons. The van der Waals surface area contributed by atoms with Gasteiger partial charge in [0, 0.05) is 12.5 Å². The molecule has 2 unspecified atom stereocenters. The van der Waals surface area contributed by atoms with Gasteiger partial charge in [0.25, 0.3) is 0 Å². The Morgan fingerprint density at radius 1 is 1.33 bits per heavy atom. The van der Waals surface area contributed by atoms with Crippen LogP contribution < -0.4 is 10.6 Å². The summed E-state index contributed by atoms with van der Waals surface area (Å²) in [5.41, 5.74) is -1.01. The van der Waals surface area contributed by atoms with E-state index < -0.39 is 11.6 Å². The minimum atomic E-state index is -1.01. The Labute approximate surface area is 159 Å². The molecule has 0 spiro atoms. The first kappa shape index (κ1) is 19.5. The van der Waals surface area contributed by atoms with Gasteiger partial charge in [0.1, 0.15) is 17.3 Å². The second-order valence-electron chi connectivity index (χ2n) is 7.74. The van der Waals surface area contributed by atoms with Crippen molar-refractivity contribution in [1.29, 1.82) is 0 Å². The number of carbonyl (C=O) groups is 3. The lowest BCUT2D eigenvalue weighted by Crippen LogP contribution is -2.62. The van der Waals surface area contributed by atoms with Crippen LogP contribution in [0, 0.1) is 0 Å². The molecule has 1 aliphatic heterocycles. The van der Waals surface area contributed by atoms with E-state index in [1.807, 2.05) is 6.92 Å². The molecule has 2 fully saturated rings. The minimum absolute atomic E-state index is 0.125. The number of nitrogens with zero attached hydrogens (tertiary/aromatic N) is 1. The first-order valence-electron chi connectivity index (χ1n) is 9.88. The number of amides is 3. The normalized spacial score (nSPS) is 22.3. The van der Waals surface area contributed by atoms with E-state index in [9.17, 15) is 14.4 Å². The number of hydrogen-bond donors (Lipinski definition) is 2. The van der Waals surface area contributed by atoms with Gasteiger partial charge >= 0.3 is 0 Å². The molecular weight excluding hydrogens is 346 g/mol. The first-order chi connectivity index (χ1) is 12.9. The zero-order valence-corrected chi connectivity index (χ0v) is 16.1. The molecule has 7 heteroatoms. The van der Waals surface area contributed by atoms with Crippen LogP contribution in [0.3, 0.4) is 0 Å². The van der Waals surface area contributed by atoms with Crippen molar-refractivity contribution in [3.05, 3.63) is 24.2 Å². The smallest absolute Gasteiger partial charge is 0.246 e. The molecule has 0 bridgehead atoms. The predicted molar refractivity (Wildman–Crippen MR) is 99.5 cm³/mol. The Kier molecular flexibility index (Phi) is 5.87. The van der Waals surface area contributed by atoms with E-state index in [1.54, 1.807) is 30.2 Å². The number of hydrogen-bond acceptors (Lipinski definition) is 4. The third-order valence-electron chi connectivity index (χ3n) is 5.92. The van der Waals surface area contributed by atoms with E-state index in [0.29, 0.717) is 25.0 Å². The van der Waals surface area contributed by atoms with Crippen LogP contribution in [0.15, 0.2) is 22.8 Å². The van der Waals surface area contributed by atoms with Gasteiger partial charge in [0.15, 0.2) is 0 Å². The van der Waals surface area contributed by atoms with Crippen molar-refractivity contribution in [3.63, 3.8) is 0 Å². The predicted octanol–water partition coefficient (Wildman–Crippen LogP) is 2.11. The highest BCUT2D eigenvalue weighted by Crippen LogP contribution is 2.27. The van der Waals surface area contributed by atoms with Crippen LogP contribution >= 0.6 is 0 Å². The maximum absolute atomic E-state index is 13.3. The lowest BCUT2D eigenvalue weighted by molar-refractivity contribution is -0.150. The molecule has 2 heterocycles. The monoisotopic (exact) mass is 375 g/mol. The number of rotatable bonds is 7. The van der Waals surface area contributed by atoms with Gasteiger partial charge in [0.2, 0.25) is 17.7 Å². The summed E-state index contributed by atoms with van der Waals surface area (Å²) in [6, 6.07) is 3.14. The zero-order chi connectivity index (χ0) is 19.4. The average molecular weight is 375 g/mol. The van der Waals surface area contributed by atoms with Gasteiger partial charge in [-0.3, -0.25) is 14.4 Å². The number of carbonyl (C=O) groups excluding carboxylic acids is 3. The maximum Gasteiger partial charge on any atom is 0.246 e. The van der Waals surface area contributed by atoms with Crippen molar-refractivity contribution >= 4 is 17.7 Å². The van der Waals surface area contributed by atoms with Crippen LogP contribution in [-0.2, 0) is 20.9 Å². The molecule has 1 aromatic heterocycles. The van der Waals surface area contributed by atoms with Crippen molar-refractivity contribution in [1.82, 2.24) is 15.5 Å². The Hall–Kier alpha value is -2.31. The molecule has 3 amide bonds. The van der Waals surface area contributed by atoms with Gasteiger partial charge in [0.05, 0.1) is 12.8 Å². The van der Waals surface area contributed by atoms with Crippen LogP contribution in [0.1, 0.15) is 64.6 Å². The largest absolute Gasteiger partial charge is 0.467 e. The topological polar surface area (TPSA) is 91.7 Å². The Balaban J connectivity index is 1.84. The van der Waals surface area contributed by atoms with E-state index in [1.165, 1.54) is 0 Å². The highest BCUT2D eigenvalue weighted by molar-refractivity contribution is 5.95. The van der Waals surface area contributed by atoms with Crippen LogP contribution in [0.2, 0.25) is 0 Å². The van der Waals surface area contributed by atoms with Crippen molar-refractivity contribution in [2.24, 2.45) is 0 Å². The average Bonchev–Trinajstić information content (AvgIpc) is 3.41. The number of nitrogens with one attached hydrogen (secondary N) is 2. The maximum atomic E-state index is 13.3. The van der Waals surface area contributed by atoms with Gasteiger partial charge in [-0.2, -0.15) is 0 Å². The van der Waals surface area contributed by atoms with Crippen LogP contribution in [0.5, 0.6) is 0 Å². The quantitative estimate of drug-likeness (QED) is 0.764. The lowest BCUT2D eigenvalue weighted by Gasteiger charge is -2.41. The zero-order valence-electron chi connectivity index (χ0n) is 16.1. The fraction of sp³-hybridized carbons (Fsp3) is 0.650. The second-order valence-corrected chi connectivity index (χ2v) is 7.74. The minimum Gasteiger partial charge on any atom is -0.467 e. The molecule has 1 aliphatic carbocycles. The summed E-state index contributed by atoms with van der Waals surface area (Å²) in [5, 5.41) is 5.86. The fourth-order valence-corrected chi connectivity index (χ4v) is 3.93. The van der Waals surface area contributed by atoms with Crippen LogP contribution in [-0.4, -0.2) is 40.2 Å². The van der Waals surface area contributed by atoms with E-state index in [0.717, 1.165) is 25.7 Å². The third-order valence-corrected chi connectivity index (χ3v) is 5.92. The summed E-state index contributed by atoms with van der Waals surface area (Å²) in [6.45, 7) is 3.90. The SMILES string of the molecule is CCC(C)(C(=O)NC1CCCC1)N(Cc1ccco1)C(=O)C1CCC(=O)N1. The molecule has 2 N–H and O–H groups in total. The fourth-order valence-electron chi connectivity index (χ4n) is 3.93. The van der Waals surface area contributed by atoms with Crippen LogP contribution in [0.25, 0.3) is 0 Å². The Morgan fingerprint density at radius 2 is 2.07 bits per heavy atom. The summed E-state index contributed by atoms with van der Waals surface area (Å²) >= 11 is 0. The molecule has 1 saturated carbocycles. The molecule has 2 atom stereocenters. The Morgan fingerprint density at radius 3 is 2.63 bits per heavy atom. The standard InChI is InChI=1S/C20H29N3O4/c1-3-20(2,19(26)21-14-7-4-5-8-14)23(13-15-9-6-12-27-15)18(25)16-10-11-17(24)22-16/h6,9,12,14,16H,3-5,7-8,10-11,13H2,1-2H3,(H,21,26)(H,22,24). The molecule has 0 radical (unpaired) electrons. The molecule has 27 heavy (non-hydrogen) atoms. The summed E-state index contributed by atoms with van der Waals surface area (Å²) in [4.78, 5) is 39.6. The van der Waals surface area contributed by atoms with E-state index >= 15 is 0 Å². The van der Waals surface area contributed by atoms with E-state index in [2.05, 4.69) is 10.6 Å². The molecule has 1 aromatic rings. The number of furan rings is 1. The Bertz CT molecular complexity index is 681. The van der Waals surface area contributed by atoms with Gasteiger partial charge in [-0.1, -0.05) is 19.8 Å². The van der Waals surface area contributed by atoms with Crippen molar-refractivity contribution in [2.75, 3.05) is 0 Å². The third kappa shape index (κ3) is 4.17. The van der Waals surface area contributed by atoms with Crippen molar-refractivity contribution < 1.29 is 18.8 Å².